The molecule has 0 bridgehead atoms. The van der Waals surface area contributed by atoms with Gasteiger partial charge in [0.05, 0.1) is 10.9 Å². The minimum absolute atomic E-state index is 0.130. The zero-order valence-electron chi connectivity index (χ0n) is 19.2. The third-order valence-electron chi connectivity index (χ3n) is 6.51. The van der Waals surface area contributed by atoms with Crippen molar-refractivity contribution < 1.29 is 17.9 Å². The molecule has 0 spiro atoms. The van der Waals surface area contributed by atoms with Crippen molar-refractivity contribution >= 4 is 10.9 Å². The van der Waals surface area contributed by atoms with Gasteiger partial charge < -0.3 is 4.74 Å². The second-order valence-electron chi connectivity index (χ2n) is 8.81. The Morgan fingerprint density at radius 3 is 1.77 bits per heavy atom. The van der Waals surface area contributed by atoms with E-state index in [4.69, 9.17) is 4.74 Å². The van der Waals surface area contributed by atoms with E-state index < -0.39 is 33.9 Å². The molecular formula is C30H26F3OS+. The van der Waals surface area contributed by atoms with E-state index in [0.717, 1.165) is 40.0 Å². The minimum atomic E-state index is -0.915. The third kappa shape index (κ3) is 4.96. The molecule has 1 aliphatic rings. The van der Waals surface area contributed by atoms with Gasteiger partial charge in [0.25, 0.3) is 0 Å². The van der Waals surface area contributed by atoms with Gasteiger partial charge in [-0.05, 0) is 79.8 Å². The Bertz CT molecular complexity index is 1250. The molecule has 1 aliphatic carbocycles. The van der Waals surface area contributed by atoms with Crippen LogP contribution in [0.2, 0.25) is 0 Å². The molecule has 5 rings (SSSR count). The van der Waals surface area contributed by atoms with Crippen LogP contribution in [-0.2, 0) is 16.5 Å². The molecule has 0 unspecified atom stereocenters. The van der Waals surface area contributed by atoms with Gasteiger partial charge in [-0.2, -0.15) is 0 Å². The maximum atomic E-state index is 15.6. The lowest BCUT2D eigenvalue weighted by Gasteiger charge is -2.38. The zero-order valence-corrected chi connectivity index (χ0v) is 20.0. The molecule has 0 N–H and O–H groups in total. The molecule has 0 radical (unpaired) electrons. The highest BCUT2D eigenvalue weighted by Gasteiger charge is 2.38. The van der Waals surface area contributed by atoms with Gasteiger partial charge in [0.2, 0.25) is 0 Å². The molecule has 1 nitrogen and oxygen atoms in total. The number of hydrogen-bond acceptors (Lipinski definition) is 1. The van der Waals surface area contributed by atoms with Gasteiger partial charge in [0, 0.05) is 6.07 Å². The smallest absolute Gasteiger partial charge is 0.170 e. The van der Waals surface area contributed by atoms with Crippen LogP contribution >= 0.6 is 0 Å². The molecule has 0 heterocycles. The highest BCUT2D eigenvalue weighted by molar-refractivity contribution is 7.97. The molecule has 0 saturated heterocycles. The first-order valence-electron chi connectivity index (χ1n) is 11.8. The van der Waals surface area contributed by atoms with Crippen molar-refractivity contribution in [1.82, 2.24) is 0 Å². The average molecular weight is 492 g/mol. The topological polar surface area (TPSA) is 9.23 Å². The maximum absolute atomic E-state index is 15.6. The Kier molecular flexibility index (Phi) is 6.87. The summed E-state index contributed by atoms with van der Waals surface area (Å²) in [6.45, 7) is 0. The number of hydrogen-bond donors (Lipinski definition) is 0. The fourth-order valence-corrected chi connectivity index (χ4v) is 6.88. The zero-order chi connectivity index (χ0) is 24.3. The molecule has 5 heteroatoms. The van der Waals surface area contributed by atoms with E-state index in [2.05, 4.69) is 24.3 Å². The Labute approximate surface area is 206 Å². The van der Waals surface area contributed by atoms with Crippen molar-refractivity contribution in [2.24, 2.45) is 0 Å². The van der Waals surface area contributed by atoms with Crippen molar-refractivity contribution in [1.29, 1.82) is 0 Å². The summed E-state index contributed by atoms with van der Waals surface area (Å²) in [4.78, 5) is 3.03. The van der Waals surface area contributed by atoms with Gasteiger partial charge in [-0.1, -0.05) is 48.9 Å². The minimum Gasteiger partial charge on any atom is -0.479 e. The van der Waals surface area contributed by atoms with E-state index in [1.54, 1.807) is 18.2 Å². The van der Waals surface area contributed by atoms with Gasteiger partial charge >= 0.3 is 0 Å². The first-order chi connectivity index (χ1) is 17.1. The van der Waals surface area contributed by atoms with Crippen molar-refractivity contribution in [3.05, 3.63) is 120 Å². The van der Waals surface area contributed by atoms with Crippen LogP contribution in [0.1, 0.15) is 37.7 Å². The summed E-state index contributed by atoms with van der Waals surface area (Å²) >= 11 is 0. The van der Waals surface area contributed by atoms with E-state index in [1.165, 1.54) is 6.07 Å². The standard InChI is InChI=1S/C30H26F3OS/c31-26-16-14-22(20-27(26)32)30(18-8-3-9-19-30)34-29-17-15-25(21-28(29)33)35(23-10-4-1-5-11-23)24-12-6-2-7-13-24/h1-2,4-7,10-17,20-21H,3,8-9,18-19H2/q+1. The number of ether oxygens (including phenoxy) is 1. The first kappa shape index (κ1) is 23.6. The highest BCUT2D eigenvalue weighted by atomic mass is 32.2. The highest BCUT2D eigenvalue weighted by Crippen LogP contribution is 2.43. The van der Waals surface area contributed by atoms with Crippen LogP contribution in [0, 0.1) is 17.5 Å². The third-order valence-corrected chi connectivity index (χ3v) is 8.72. The van der Waals surface area contributed by atoms with Crippen LogP contribution in [0.4, 0.5) is 13.2 Å². The molecule has 1 fully saturated rings. The Morgan fingerprint density at radius 2 is 1.20 bits per heavy atom. The lowest BCUT2D eigenvalue weighted by atomic mass is 9.79. The summed E-state index contributed by atoms with van der Waals surface area (Å²) in [6.07, 6.45) is 4.04. The lowest BCUT2D eigenvalue weighted by Crippen LogP contribution is -2.36. The number of benzene rings is 4. The summed E-state index contributed by atoms with van der Waals surface area (Å²) in [5, 5.41) is 0. The Balaban J connectivity index is 1.51. The SMILES string of the molecule is Fc1ccc(C2(Oc3ccc([S+](c4ccccc4)c4ccccc4)cc3F)CCCCC2)cc1F. The molecule has 35 heavy (non-hydrogen) atoms. The maximum Gasteiger partial charge on any atom is 0.170 e. The van der Waals surface area contributed by atoms with Gasteiger partial charge in [-0.3, -0.25) is 0 Å². The van der Waals surface area contributed by atoms with Crippen LogP contribution < -0.4 is 4.74 Å². The fourth-order valence-electron chi connectivity index (χ4n) is 4.78. The van der Waals surface area contributed by atoms with E-state index in [0.29, 0.717) is 18.4 Å². The van der Waals surface area contributed by atoms with E-state index in [-0.39, 0.29) is 5.75 Å². The summed E-state index contributed by atoms with van der Waals surface area (Å²) in [5.74, 6) is -2.14. The average Bonchev–Trinajstić information content (AvgIpc) is 2.89. The summed E-state index contributed by atoms with van der Waals surface area (Å²) in [5.41, 5.74) is -0.330. The van der Waals surface area contributed by atoms with Crippen molar-refractivity contribution in [3.8, 4) is 5.75 Å². The molecule has 178 valence electrons. The summed E-state index contributed by atoms with van der Waals surface area (Å²) in [7, 11) is -0.479. The van der Waals surface area contributed by atoms with Gasteiger partial charge in [-0.15, -0.1) is 0 Å². The van der Waals surface area contributed by atoms with Gasteiger partial charge in [0.1, 0.15) is 5.60 Å². The summed E-state index contributed by atoms with van der Waals surface area (Å²) in [6, 6.07) is 29.1. The molecule has 0 aliphatic heterocycles. The number of rotatable bonds is 6. The second-order valence-corrected chi connectivity index (χ2v) is 10.8. The van der Waals surface area contributed by atoms with E-state index >= 15 is 4.39 Å². The molecule has 4 aromatic rings. The predicted molar refractivity (Wildman–Crippen MR) is 133 cm³/mol. The molecular weight excluding hydrogens is 465 g/mol. The number of halogens is 3. The Hall–Kier alpha value is -3.18. The van der Waals surface area contributed by atoms with Crippen LogP contribution in [-0.4, -0.2) is 0 Å². The van der Waals surface area contributed by atoms with Crippen molar-refractivity contribution in [3.63, 3.8) is 0 Å². The fraction of sp³-hybridized carbons (Fsp3) is 0.200. The van der Waals surface area contributed by atoms with E-state index in [1.807, 2.05) is 42.5 Å². The molecule has 4 aromatic carbocycles. The molecule has 0 aromatic heterocycles. The van der Waals surface area contributed by atoms with Gasteiger partial charge in [-0.25, -0.2) is 13.2 Å². The van der Waals surface area contributed by atoms with E-state index in [9.17, 15) is 8.78 Å². The largest absolute Gasteiger partial charge is 0.479 e. The van der Waals surface area contributed by atoms with Crippen molar-refractivity contribution in [2.75, 3.05) is 0 Å². The van der Waals surface area contributed by atoms with Crippen LogP contribution in [0.5, 0.6) is 5.75 Å². The predicted octanol–water partition coefficient (Wildman–Crippen LogP) is 8.44. The molecule has 0 atom stereocenters. The van der Waals surface area contributed by atoms with Gasteiger partial charge in [0.15, 0.2) is 37.9 Å². The van der Waals surface area contributed by atoms with Crippen LogP contribution in [0.25, 0.3) is 0 Å². The second kappa shape index (κ2) is 10.2. The van der Waals surface area contributed by atoms with Crippen LogP contribution in [0.3, 0.4) is 0 Å². The Morgan fingerprint density at radius 1 is 0.571 bits per heavy atom. The summed E-state index contributed by atoms with van der Waals surface area (Å²) < 4.78 is 49.6. The lowest BCUT2D eigenvalue weighted by molar-refractivity contribution is 0.0222. The van der Waals surface area contributed by atoms with Crippen LogP contribution in [0.15, 0.2) is 112 Å². The monoisotopic (exact) mass is 491 g/mol. The quantitative estimate of drug-likeness (QED) is 0.246. The first-order valence-corrected chi connectivity index (χ1v) is 13.1. The van der Waals surface area contributed by atoms with Crippen molar-refractivity contribution in [2.45, 2.75) is 52.4 Å². The molecule has 1 saturated carbocycles. The normalized spacial score (nSPS) is 15.2. The molecule has 0 amide bonds.